The average Bonchev–Trinajstić information content (AvgIpc) is 2.93. The highest BCUT2D eigenvalue weighted by atomic mass is 32.2. The highest BCUT2D eigenvalue weighted by Gasteiger charge is 2.18. The van der Waals surface area contributed by atoms with Gasteiger partial charge < -0.3 is 10.3 Å². The van der Waals surface area contributed by atoms with Gasteiger partial charge in [-0.05, 0) is 39.7 Å². The lowest BCUT2D eigenvalue weighted by Crippen LogP contribution is -2.33. The first kappa shape index (κ1) is 18.6. The molecule has 0 unspecified atom stereocenters. The Bertz CT molecular complexity index is 781. The lowest BCUT2D eigenvalue weighted by atomic mass is 10.2. The molecule has 132 valence electrons. The molecule has 0 aliphatic heterocycles. The first-order valence-corrected chi connectivity index (χ1v) is 9.39. The van der Waals surface area contributed by atoms with Gasteiger partial charge >= 0.3 is 0 Å². The van der Waals surface area contributed by atoms with Crippen LogP contribution in [0.1, 0.15) is 52.3 Å². The van der Waals surface area contributed by atoms with Crippen LogP contribution in [-0.4, -0.2) is 32.2 Å². The molecule has 0 aliphatic carbocycles. The fourth-order valence-electron chi connectivity index (χ4n) is 2.41. The van der Waals surface area contributed by atoms with Crippen molar-refractivity contribution < 1.29 is 4.79 Å². The molecule has 2 rings (SSSR count). The van der Waals surface area contributed by atoms with E-state index in [-0.39, 0.29) is 29.3 Å². The van der Waals surface area contributed by atoms with Crippen LogP contribution in [0, 0.1) is 6.92 Å². The standard InChI is InChI=1S/C17H26N4O2S/c1-6-10(3)18-14(22)9-24-17-20-13-8-11(4)19-15(13)16(23)21(17)12(5)7-2/h8,10,12,19H,6-7,9H2,1-5H3,(H,18,22)/t10-,12-/m1/s1. The molecule has 2 aromatic rings. The lowest BCUT2D eigenvalue weighted by molar-refractivity contribution is -0.119. The van der Waals surface area contributed by atoms with Gasteiger partial charge in [0, 0.05) is 17.8 Å². The fraction of sp³-hybridized carbons (Fsp3) is 0.588. The highest BCUT2D eigenvalue weighted by molar-refractivity contribution is 7.99. The second-order valence-corrected chi connectivity index (χ2v) is 7.15. The molecule has 2 heterocycles. The molecule has 2 aromatic heterocycles. The molecule has 0 saturated heterocycles. The van der Waals surface area contributed by atoms with Gasteiger partial charge in [-0.2, -0.15) is 0 Å². The average molecular weight is 350 g/mol. The minimum Gasteiger partial charge on any atom is -0.353 e. The van der Waals surface area contributed by atoms with E-state index in [0.29, 0.717) is 16.2 Å². The van der Waals surface area contributed by atoms with Crippen molar-refractivity contribution in [3.05, 3.63) is 22.1 Å². The zero-order chi connectivity index (χ0) is 17.9. The second-order valence-electron chi connectivity index (χ2n) is 6.20. The van der Waals surface area contributed by atoms with E-state index in [9.17, 15) is 9.59 Å². The maximum atomic E-state index is 12.8. The van der Waals surface area contributed by atoms with E-state index in [2.05, 4.69) is 15.3 Å². The predicted octanol–water partition coefficient (Wildman–Crippen LogP) is 3.01. The van der Waals surface area contributed by atoms with Crippen LogP contribution < -0.4 is 10.9 Å². The maximum absolute atomic E-state index is 12.8. The number of hydrogen-bond donors (Lipinski definition) is 2. The van der Waals surface area contributed by atoms with Gasteiger partial charge in [0.1, 0.15) is 5.52 Å². The Morgan fingerprint density at radius 3 is 2.71 bits per heavy atom. The fourth-order valence-corrected chi connectivity index (χ4v) is 3.32. The Labute approximate surface area is 146 Å². The number of rotatable bonds is 7. The van der Waals surface area contributed by atoms with Crippen LogP contribution in [0.3, 0.4) is 0 Å². The third-order valence-corrected chi connectivity index (χ3v) is 5.12. The number of aromatic amines is 1. The number of carbonyl (C=O) groups excluding carboxylic acids is 1. The van der Waals surface area contributed by atoms with Crippen LogP contribution in [0.4, 0.5) is 0 Å². The van der Waals surface area contributed by atoms with Crippen molar-refractivity contribution in [3.63, 3.8) is 0 Å². The summed E-state index contributed by atoms with van der Waals surface area (Å²) in [7, 11) is 0. The van der Waals surface area contributed by atoms with Gasteiger partial charge in [-0.1, -0.05) is 25.6 Å². The minimum atomic E-state index is -0.0766. The molecule has 0 radical (unpaired) electrons. The maximum Gasteiger partial charge on any atom is 0.278 e. The first-order chi connectivity index (χ1) is 11.4. The summed E-state index contributed by atoms with van der Waals surface area (Å²) in [5.41, 5.74) is 2.01. The highest BCUT2D eigenvalue weighted by Crippen LogP contribution is 2.22. The van der Waals surface area contributed by atoms with Crippen LogP contribution >= 0.6 is 11.8 Å². The Morgan fingerprint density at radius 1 is 1.38 bits per heavy atom. The number of H-pyrrole nitrogens is 1. The van der Waals surface area contributed by atoms with Gasteiger partial charge in [0.15, 0.2) is 5.16 Å². The monoisotopic (exact) mass is 350 g/mol. The van der Waals surface area contributed by atoms with Crippen molar-refractivity contribution in [1.29, 1.82) is 0 Å². The van der Waals surface area contributed by atoms with Gasteiger partial charge in [0.05, 0.1) is 11.3 Å². The number of fused-ring (bicyclic) bond motifs is 1. The molecule has 2 atom stereocenters. The van der Waals surface area contributed by atoms with Crippen molar-refractivity contribution in [2.45, 2.75) is 64.7 Å². The molecule has 0 bridgehead atoms. The Balaban J connectivity index is 2.33. The van der Waals surface area contributed by atoms with Crippen LogP contribution in [-0.2, 0) is 4.79 Å². The van der Waals surface area contributed by atoms with E-state index in [0.717, 1.165) is 18.5 Å². The molecular weight excluding hydrogens is 324 g/mol. The summed E-state index contributed by atoms with van der Waals surface area (Å²) in [4.78, 5) is 32.5. The van der Waals surface area contributed by atoms with Crippen LogP contribution in [0.5, 0.6) is 0 Å². The van der Waals surface area contributed by atoms with Crippen molar-refractivity contribution in [2.75, 3.05) is 5.75 Å². The Kier molecular flexibility index (Phi) is 6.10. The van der Waals surface area contributed by atoms with Gasteiger partial charge in [0.25, 0.3) is 5.56 Å². The number of aromatic nitrogens is 3. The van der Waals surface area contributed by atoms with Crippen molar-refractivity contribution in [1.82, 2.24) is 19.9 Å². The van der Waals surface area contributed by atoms with Crippen LogP contribution in [0.15, 0.2) is 16.0 Å². The zero-order valence-electron chi connectivity index (χ0n) is 15.0. The van der Waals surface area contributed by atoms with Crippen molar-refractivity contribution >= 4 is 28.7 Å². The largest absolute Gasteiger partial charge is 0.353 e. The Hall–Kier alpha value is -1.76. The molecule has 24 heavy (non-hydrogen) atoms. The third kappa shape index (κ3) is 4.01. The van der Waals surface area contributed by atoms with E-state index < -0.39 is 0 Å². The van der Waals surface area contributed by atoms with Crippen LogP contribution in [0.2, 0.25) is 0 Å². The van der Waals surface area contributed by atoms with E-state index in [4.69, 9.17) is 0 Å². The number of amides is 1. The number of aryl methyl sites for hydroxylation is 1. The molecule has 0 spiro atoms. The molecule has 1 amide bonds. The number of nitrogens with one attached hydrogen (secondary N) is 2. The lowest BCUT2D eigenvalue weighted by Gasteiger charge is -2.17. The molecule has 2 N–H and O–H groups in total. The quantitative estimate of drug-likeness (QED) is 0.594. The summed E-state index contributed by atoms with van der Waals surface area (Å²) in [5, 5.41) is 3.53. The molecule has 0 aromatic carbocycles. The predicted molar refractivity (Wildman–Crippen MR) is 98.7 cm³/mol. The topological polar surface area (TPSA) is 79.8 Å². The number of thioether (sulfide) groups is 1. The van der Waals surface area contributed by atoms with Gasteiger partial charge in [-0.3, -0.25) is 14.2 Å². The van der Waals surface area contributed by atoms with Gasteiger partial charge in [-0.25, -0.2) is 4.98 Å². The van der Waals surface area contributed by atoms with Crippen LogP contribution in [0.25, 0.3) is 11.0 Å². The summed E-state index contributed by atoms with van der Waals surface area (Å²) >= 11 is 1.32. The molecular formula is C17H26N4O2S. The number of nitrogens with zero attached hydrogens (tertiary/aromatic N) is 2. The molecule has 0 saturated carbocycles. The van der Waals surface area contributed by atoms with Gasteiger partial charge in [-0.15, -0.1) is 0 Å². The van der Waals surface area contributed by atoms with Gasteiger partial charge in [0.2, 0.25) is 5.91 Å². The molecule has 0 aliphatic rings. The minimum absolute atomic E-state index is 0.0260. The smallest absolute Gasteiger partial charge is 0.278 e. The van der Waals surface area contributed by atoms with E-state index in [1.807, 2.05) is 40.7 Å². The van der Waals surface area contributed by atoms with E-state index in [1.165, 1.54) is 11.8 Å². The third-order valence-electron chi connectivity index (χ3n) is 4.17. The summed E-state index contributed by atoms with van der Waals surface area (Å²) in [6, 6.07) is 2.04. The van der Waals surface area contributed by atoms with E-state index in [1.54, 1.807) is 4.57 Å². The summed E-state index contributed by atoms with van der Waals surface area (Å²) in [6.45, 7) is 9.94. The number of hydrogen-bond acceptors (Lipinski definition) is 4. The molecule has 0 fully saturated rings. The first-order valence-electron chi connectivity index (χ1n) is 8.41. The zero-order valence-corrected chi connectivity index (χ0v) is 15.8. The Morgan fingerprint density at radius 2 is 2.08 bits per heavy atom. The second kappa shape index (κ2) is 7.88. The van der Waals surface area contributed by atoms with Crippen molar-refractivity contribution in [2.24, 2.45) is 0 Å². The molecule has 6 nitrogen and oxygen atoms in total. The normalized spacial score (nSPS) is 13.9. The number of carbonyl (C=O) groups is 1. The summed E-state index contributed by atoms with van der Waals surface area (Å²) < 4.78 is 1.69. The van der Waals surface area contributed by atoms with Crippen molar-refractivity contribution in [3.8, 4) is 0 Å². The SMILES string of the molecule is CC[C@@H](C)NC(=O)CSc1nc2cc(C)[nH]c2c(=O)n1[C@H](C)CC. The van der Waals surface area contributed by atoms with E-state index >= 15 is 0 Å². The summed E-state index contributed by atoms with van der Waals surface area (Å²) in [5.74, 6) is 0.215. The summed E-state index contributed by atoms with van der Waals surface area (Å²) in [6.07, 6.45) is 1.71. The molecule has 7 heteroatoms.